The molecule has 0 amide bonds. The smallest absolute Gasteiger partial charge is 0.305 e. The summed E-state index contributed by atoms with van der Waals surface area (Å²) >= 11 is 0. The van der Waals surface area contributed by atoms with Crippen LogP contribution in [0.1, 0.15) is 79.8 Å². The predicted molar refractivity (Wildman–Crippen MR) is 149 cm³/mol. The van der Waals surface area contributed by atoms with E-state index in [1.165, 1.54) is 7.11 Å². The summed E-state index contributed by atoms with van der Waals surface area (Å²) < 4.78 is 28.3. The van der Waals surface area contributed by atoms with Crippen LogP contribution in [0, 0.1) is 0 Å². The number of aryl methyl sites for hydroxylation is 1. The minimum atomic E-state index is -0.867. The van der Waals surface area contributed by atoms with Crippen molar-refractivity contribution >= 4 is 17.7 Å². The van der Waals surface area contributed by atoms with Crippen LogP contribution in [-0.2, 0) is 27.2 Å². The predicted octanol–water partition coefficient (Wildman–Crippen LogP) is 5.58. The first-order chi connectivity index (χ1) is 19.4. The number of carboxylic acid groups (broad SMARTS) is 1. The molecule has 9 heteroatoms. The van der Waals surface area contributed by atoms with Crippen LogP contribution in [0.15, 0.2) is 30.3 Å². The number of carbonyl (C=O) groups is 3. The van der Waals surface area contributed by atoms with Crippen LogP contribution in [0.5, 0.6) is 23.0 Å². The fourth-order valence-electron chi connectivity index (χ4n) is 4.46. The van der Waals surface area contributed by atoms with Gasteiger partial charge in [0.1, 0.15) is 23.0 Å². The second-order valence-electron chi connectivity index (χ2n) is 9.64. The van der Waals surface area contributed by atoms with Gasteiger partial charge < -0.3 is 28.8 Å². The number of ether oxygens (including phenoxy) is 5. The molecule has 0 radical (unpaired) electrons. The Hall–Kier alpha value is -3.75. The van der Waals surface area contributed by atoms with Crippen molar-refractivity contribution in [2.75, 3.05) is 33.5 Å². The molecule has 1 heterocycles. The number of unbranched alkanes of at least 4 members (excludes halogenated alkanes) is 2. The highest BCUT2D eigenvalue weighted by Gasteiger charge is 2.23. The van der Waals surface area contributed by atoms with Gasteiger partial charge in [-0.3, -0.25) is 14.4 Å². The van der Waals surface area contributed by atoms with Crippen LogP contribution in [0.2, 0.25) is 0 Å². The fraction of sp³-hybridized carbons (Fsp3) is 0.516. The Balaban J connectivity index is 1.47. The molecule has 0 saturated carbocycles. The summed E-state index contributed by atoms with van der Waals surface area (Å²) in [5, 5.41) is 9.09. The average molecular weight is 557 g/mol. The van der Waals surface area contributed by atoms with Gasteiger partial charge in [-0.2, -0.15) is 0 Å². The Bertz CT molecular complexity index is 1140. The summed E-state index contributed by atoms with van der Waals surface area (Å²) in [7, 11) is 1.35. The molecule has 0 fully saturated rings. The minimum absolute atomic E-state index is 0.00887. The Morgan fingerprint density at radius 1 is 0.900 bits per heavy atom. The van der Waals surface area contributed by atoms with E-state index in [9.17, 15) is 14.4 Å². The van der Waals surface area contributed by atoms with Crippen molar-refractivity contribution in [2.45, 2.75) is 71.1 Å². The first kappa shape index (κ1) is 30.8. The summed E-state index contributed by atoms with van der Waals surface area (Å²) in [4.78, 5) is 34.6. The van der Waals surface area contributed by atoms with E-state index in [2.05, 4.69) is 11.7 Å². The van der Waals surface area contributed by atoms with Gasteiger partial charge in [0.25, 0.3) is 0 Å². The zero-order valence-corrected chi connectivity index (χ0v) is 23.5. The molecular formula is C31H40O9. The molecule has 1 N–H and O–H groups in total. The number of methoxy groups -OCH3 is 1. The van der Waals surface area contributed by atoms with Crippen LogP contribution >= 0.6 is 0 Å². The van der Waals surface area contributed by atoms with Crippen molar-refractivity contribution in [3.63, 3.8) is 0 Å². The van der Waals surface area contributed by atoms with E-state index in [4.69, 9.17) is 24.1 Å². The van der Waals surface area contributed by atoms with Crippen LogP contribution in [0.25, 0.3) is 0 Å². The maximum atomic E-state index is 12.2. The zero-order chi connectivity index (χ0) is 28.7. The van der Waals surface area contributed by atoms with Crippen molar-refractivity contribution in [3.05, 3.63) is 47.0 Å². The Morgan fingerprint density at radius 2 is 1.65 bits per heavy atom. The van der Waals surface area contributed by atoms with Crippen molar-refractivity contribution in [1.29, 1.82) is 0 Å². The number of carbonyl (C=O) groups excluding carboxylic acids is 2. The number of esters is 1. The second kappa shape index (κ2) is 16.4. The molecule has 0 unspecified atom stereocenters. The quantitative estimate of drug-likeness (QED) is 0.185. The van der Waals surface area contributed by atoms with Gasteiger partial charge in [-0.1, -0.05) is 19.4 Å². The lowest BCUT2D eigenvalue weighted by molar-refractivity contribution is -0.141. The van der Waals surface area contributed by atoms with E-state index in [0.29, 0.717) is 68.5 Å². The third-order valence-corrected chi connectivity index (χ3v) is 6.57. The lowest BCUT2D eigenvalue weighted by atomic mass is 9.98. The molecule has 0 bridgehead atoms. The number of hydrogen-bond acceptors (Lipinski definition) is 8. The Labute approximate surface area is 235 Å². The van der Waals surface area contributed by atoms with Gasteiger partial charge in [0.15, 0.2) is 5.78 Å². The lowest BCUT2D eigenvalue weighted by Gasteiger charge is -2.22. The van der Waals surface area contributed by atoms with Gasteiger partial charge >= 0.3 is 11.9 Å². The number of aliphatic carboxylic acids is 1. The van der Waals surface area contributed by atoms with Gasteiger partial charge in [-0.15, -0.1) is 0 Å². The number of benzene rings is 2. The molecule has 218 valence electrons. The maximum Gasteiger partial charge on any atom is 0.305 e. The zero-order valence-electron chi connectivity index (χ0n) is 23.5. The van der Waals surface area contributed by atoms with Crippen molar-refractivity contribution in [2.24, 2.45) is 0 Å². The van der Waals surface area contributed by atoms with Gasteiger partial charge in [-0.05, 0) is 62.3 Å². The highest BCUT2D eigenvalue weighted by atomic mass is 16.5. The van der Waals surface area contributed by atoms with E-state index in [-0.39, 0.29) is 24.6 Å². The fourth-order valence-corrected chi connectivity index (χ4v) is 4.46. The summed E-state index contributed by atoms with van der Waals surface area (Å²) in [6.07, 6.45) is 5.83. The third-order valence-electron chi connectivity index (χ3n) is 6.57. The molecule has 0 atom stereocenters. The molecule has 3 rings (SSSR count). The molecule has 0 aliphatic carbocycles. The molecule has 0 spiro atoms. The number of hydrogen-bond donors (Lipinski definition) is 1. The summed E-state index contributed by atoms with van der Waals surface area (Å²) in [6, 6.07) is 9.07. The van der Waals surface area contributed by atoms with Crippen molar-refractivity contribution in [3.8, 4) is 23.0 Å². The van der Waals surface area contributed by atoms with Gasteiger partial charge in [0.05, 0.1) is 39.1 Å². The molecule has 1 aliphatic heterocycles. The van der Waals surface area contributed by atoms with E-state index >= 15 is 0 Å². The first-order valence-electron chi connectivity index (χ1n) is 14.0. The second-order valence-corrected chi connectivity index (χ2v) is 9.64. The highest BCUT2D eigenvalue weighted by molar-refractivity contribution is 6.00. The minimum Gasteiger partial charge on any atom is -0.493 e. The topological polar surface area (TPSA) is 118 Å². The summed E-state index contributed by atoms with van der Waals surface area (Å²) in [6.45, 7) is 3.88. The van der Waals surface area contributed by atoms with Crippen LogP contribution in [0.4, 0.5) is 0 Å². The average Bonchev–Trinajstić information content (AvgIpc) is 2.95. The van der Waals surface area contributed by atoms with Crippen molar-refractivity contribution in [1.82, 2.24) is 0 Å². The van der Waals surface area contributed by atoms with Gasteiger partial charge in [0.2, 0.25) is 0 Å². The molecule has 0 aromatic heterocycles. The van der Waals surface area contributed by atoms with Crippen LogP contribution < -0.4 is 18.9 Å². The first-order valence-corrected chi connectivity index (χ1v) is 14.0. The van der Waals surface area contributed by atoms with Crippen molar-refractivity contribution < 1.29 is 43.2 Å². The van der Waals surface area contributed by atoms with E-state index in [0.717, 1.165) is 49.0 Å². The third kappa shape index (κ3) is 9.47. The number of carboxylic acids is 1. The Morgan fingerprint density at radius 3 is 2.38 bits per heavy atom. The maximum absolute atomic E-state index is 12.2. The number of ketones is 1. The number of fused-ring (bicyclic) bond motifs is 1. The molecule has 9 nitrogen and oxygen atoms in total. The van der Waals surface area contributed by atoms with E-state index < -0.39 is 5.97 Å². The standard InChI is InChI=1S/C31H40O9/c1-3-8-25-27(14-13-24-26(32)16-20-40-31(24)25)38-17-5-4-6-18-39-28-21-23(37-19-7-9-30(35)36-2)12-10-22(28)11-15-29(33)34/h10,12-14,21H,3-9,11,15-20H2,1-2H3,(H,33,34). The molecular weight excluding hydrogens is 516 g/mol. The van der Waals surface area contributed by atoms with Gasteiger partial charge in [0, 0.05) is 30.9 Å². The van der Waals surface area contributed by atoms with E-state index in [1.54, 1.807) is 18.2 Å². The van der Waals surface area contributed by atoms with Crippen LogP contribution in [-0.4, -0.2) is 56.4 Å². The summed E-state index contributed by atoms with van der Waals surface area (Å²) in [5.74, 6) is 1.63. The SMILES string of the molecule is CCCc1c(OCCCCCOc2cc(OCCCC(=O)OC)ccc2CCC(=O)O)ccc2c1OCCC2=O. The monoisotopic (exact) mass is 556 g/mol. The molecule has 2 aromatic rings. The normalized spacial score (nSPS) is 12.3. The van der Waals surface area contributed by atoms with Gasteiger partial charge in [-0.25, -0.2) is 0 Å². The lowest BCUT2D eigenvalue weighted by Crippen LogP contribution is -2.17. The highest BCUT2D eigenvalue weighted by Crippen LogP contribution is 2.36. The number of Topliss-reactive ketones (excluding diaryl/α,β-unsaturated/α-hetero) is 1. The summed E-state index contributed by atoms with van der Waals surface area (Å²) in [5.41, 5.74) is 2.43. The molecule has 2 aromatic carbocycles. The van der Waals surface area contributed by atoms with Crippen LogP contribution in [0.3, 0.4) is 0 Å². The number of rotatable bonds is 18. The molecule has 40 heavy (non-hydrogen) atoms. The Kier molecular flexibility index (Phi) is 12.6. The largest absolute Gasteiger partial charge is 0.493 e. The molecule has 1 aliphatic rings. The van der Waals surface area contributed by atoms with E-state index in [1.807, 2.05) is 12.1 Å². The molecule has 0 saturated heterocycles.